The lowest BCUT2D eigenvalue weighted by Crippen LogP contribution is -2.41. The van der Waals surface area contributed by atoms with Gasteiger partial charge in [-0.25, -0.2) is 17.9 Å². The van der Waals surface area contributed by atoms with Crippen molar-refractivity contribution in [1.82, 2.24) is 9.62 Å². The van der Waals surface area contributed by atoms with E-state index in [1.54, 1.807) is 63.2 Å². The molecule has 45 heavy (non-hydrogen) atoms. The van der Waals surface area contributed by atoms with E-state index in [4.69, 9.17) is 14.2 Å². The highest BCUT2D eigenvalue weighted by Gasteiger charge is 2.25. The van der Waals surface area contributed by atoms with Crippen molar-refractivity contribution < 1.29 is 37.3 Å². The van der Waals surface area contributed by atoms with Crippen LogP contribution < -0.4 is 14.2 Å². The molecule has 1 aliphatic rings. The molecule has 1 aliphatic carbocycles. The minimum atomic E-state index is -3.74. The van der Waals surface area contributed by atoms with Gasteiger partial charge in [-0.2, -0.15) is 0 Å². The molecule has 3 aromatic carbocycles. The van der Waals surface area contributed by atoms with Crippen molar-refractivity contribution >= 4 is 22.0 Å². The fraction of sp³-hybridized carbons (Fsp3) is 0.412. The molecule has 0 aliphatic heterocycles. The van der Waals surface area contributed by atoms with Gasteiger partial charge in [-0.1, -0.05) is 48.5 Å². The van der Waals surface area contributed by atoms with E-state index in [0.29, 0.717) is 17.1 Å². The maximum absolute atomic E-state index is 12.9. The summed E-state index contributed by atoms with van der Waals surface area (Å²) in [7, 11) is -3.74. The first-order valence-electron chi connectivity index (χ1n) is 15.0. The first-order chi connectivity index (χ1) is 21.3. The highest BCUT2D eigenvalue weighted by atomic mass is 32.2. The first kappa shape index (κ1) is 33.8. The highest BCUT2D eigenvalue weighted by Crippen LogP contribution is 2.32. The molecule has 1 saturated carbocycles. The maximum atomic E-state index is 12.9. The zero-order chi connectivity index (χ0) is 32.6. The van der Waals surface area contributed by atoms with Crippen LogP contribution in [0.25, 0.3) is 11.1 Å². The number of benzene rings is 3. The van der Waals surface area contributed by atoms with Crippen molar-refractivity contribution in [2.75, 3.05) is 26.0 Å². The summed E-state index contributed by atoms with van der Waals surface area (Å²) in [6.45, 7) is 5.78. The zero-order valence-electron chi connectivity index (χ0n) is 26.2. The average Bonchev–Trinajstić information content (AvgIpc) is 3.48. The summed E-state index contributed by atoms with van der Waals surface area (Å²) < 4.78 is 43.0. The summed E-state index contributed by atoms with van der Waals surface area (Å²) in [4.78, 5) is 27.1. The van der Waals surface area contributed by atoms with Gasteiger partial charge in [0.05, 0.1) is 37.1 Å². The third kappa shape index (κ3) is 10.5. The van der Waals surface area contributed by atoms with Crippen LogP contribution in [0, 0.1) is 0 Å². The average molecular weight is 639 g/mol. The van der Waals surface area contributed by atoms with Gasteiger partial charge in [0.25, 0.3) is 5.91 Å². The lowest BCUT2D eigenvalue weighted by molar-refractivity contribution is 0.0117. The van der Waals surface area contributed by atoms with Gasteiger partial charge in [-0.15, -0.1) is 0 Å². The maximum Gasteiger partial charge on any atom is 0.410 e. The van der Waals surface area contributed by atoms with Crippen LogP contribution in [-0.2, 0) is 14.8 Å². The lowest BCUT2D eigenvalue weighted by Gasteiger charge is -2.29. The Morgan fingerprint density at radius 2 is 1.62 bits per heavy atom. The van der Waals surface area contributed by atoms with Crippen LogP contribution >= 0.6 is 0 Å². The van der Waals surface area contributed by atoms with Crippen LogP contribution in [0.5, 0.6) is 11.5 Å². The number of ether oxygens (including phenoxy) is 3. The molecule has 0 saturated heterocycles. The van der Waals surface area contributed by atoms with Gasteiger partial charge in [-0.05, 0) is 87.4 Å². The second-order valence-corrected chi connectivity index (χ2v) is 13.9. The molecule has 11 heteroatoms. The van der Waals surface area contributed by atoms with E-state index in [1.165, 1.54) is 4.90 Å². The van der Waals surface area contributed by atoms with Crippen LogP contribution in [0.4, 0.5) is 4.79 Å². The third-order valence-electron chi connectivity index (χ3n) is 7.15. The molecule has 0 heterocycles. The Morgan fingerprint density at radius 1 is 0.978 bits per heavy atom. The van der Waals surface area contributed by atoms with Gasteiger partial charge < -0.3 is 24.2 Å². The fourth-order valence-corrected chi connectivity index (χ4v) is 5.43. The molecule has 0 spiro atoms. The summed E-state index contributed by atoms with van der Waals surface area (Å²) in [5.74, 6) is 0.177. The number of carbonyl (C=O) groups is 2. The minimum Gasteiger partial charge on any atom is -0.492 e. The third-order valence-corrected chi connectivity index (χ3v) is 7.70. The Labute approximate surface area is 265 Å². The van der Waals surface area contributed by atoms with Crippen LogP contribution in [0.3, 0.4) is 0 Å². The Kier molecular flexibility index (Phi) is 11.1. The topological polar surface area (TPSA) is 131 Å². The van der Waals surface area contributed by atoms with E-state index in [9.17, 15) is 23.1 Å². The van der Waals surface area contributed by atoms with Crippen molar-refractivity contribution in [2.45, 2.75) is 64.3 Å². The predicted molar refractivity (Wildman–Crippen MR) is 172 cm³/mol. The molecule has 242 valence electrons. The molecule has 10 nitrogen and oxygen atoms in total. The number of aliphatic hydroxyl groups is 1. The van der Waals surface area contributed by atoms with Crippen LogP contribution in [0.2, 0.25) is 0 Å². The molecule has 4 rings (SSSR count). The summed E-state index contributed by atoms with van der Waals surface area (Å²) in [6, 6.07) is 21.5. The van der Waals surface area contributed by atoms with E-state index in [2.05, 4.69) is 0 Å². The Balaban J connectivity index is 1.44. The van der Waals surface area contributed by atoms with Crippen molar-refractivity contribution in [3.8, 4) is 22.6 Å². The number of amides is 2. The van der Waals surface area contributed by atoms with Gasteiger partial charge in [0.2, 0.25) is 10.0 Å². The lowest BCUT2D eigenvalue weighted by atomic mass is 10.0. The normalized spacial score (nSPS) is 14.4. The van der Waals surface area contributed by atoms with Gasteiger partial charge >= 0.3 is 6.09 Å². The number of nitrogens with zero attached hydrogens (tertiary/aromatic N) is 1. The molecule has 1 atom stereocenters. The Bertz CT molecular complexity index is 1550. The van der Waals surface area contributed by atoms with Crippen molar-refractivity contribution in [2.24, 2.45) is 0 Å². The number of aliphatic hydroxyl groups excluding tert-OH is 1. The Morgan fingerprint density at radius 3 is 2.24 bits per heavy atom. The van der Waals surface area contributed by atoms with E-state index in [0.717, 1.165) is 43.1 Å². The molecule has 2 N–H and O–H groups in total. The number of sulfonamides is 1. The van der Waals surface area contributed by atoms with Crippen molar-refractivity contribution in [3.05, 3.63) is 83.9 Å². The summed E-state index contributed by atoms with van der Waals surface area (Å²) in [5, 5.41) is 10.7. The highest BCUT2D eigenvalue weighted by molar-refractivity contribution is 7.89. The van der Waals surface area contributed by atoms with Gasteiger partial charge in [0.1, 0.15) is 23.7 Å². The smallest absolute Gasteiger partial charge is 0.410 e. The van der Waals surface area contributed by atoms with Gasteiger partial charge in [-0.3, -0.25) is 4.79 Å². The predicted octanol–water partition coefficient (Wildman–Crippen LogP) is 5.71. The van der Waals surface area contributed by atoms with E-state index < -0.39 is 33.7 Å². The number of nitrogens with one attached hydrogen (secondary N) is 1. The molecular weight excluding hydrogens is 596 g/mol. The van der Waals surface area contributed by atoms with Crippen LogP contribution in [0.1, 0.15) is 68.5 Å². The standard InChI is InChI=1S/C34H42N2O8S/c1-34(2,3)44-33(39)36(23-30(37)25-10-6-5-7-11-25)20-21-42-27-17-14-24(15-18-27)26-16-19-29(32(38)35-45(4,40)41)31(22-26)43-28-12-8-9-13-28/h5-7,10-11,14-19,22,28,30,37H,8-9,12-13,20-21,23H2,1-4H3,(H,35,38)/t30-/m0/s1. The number of rotatable bonds is 12. The molecular formula is C34H42N2O8S. The van der Waals surface area contributed by atoms with Crippen molar-refractivity contribution in [3.63, 3.8) is 0 Å². The van der Waals surface area contributed by atoms with Crippen molar-refractivity contribution in [1.29, 1.82) is 0 Å². The zero-order valence-corrected chi connectivity index (χ0v) is 27.0. The first-order valence-corrected chi connectivity index (χ1v) is 16.9. The fourth-order valence-electron chi connectivity index (χ4n) is 4.99. The number of hydrogen-bond acceptors (Lipinski definition) is 8. The summed E-state index contributed by atoms with van der Waals surface area (Å²) >= 11 is 0. The minimum absolute atomic E-state index is 0.0325. The quantitative estimate of drug-likeness (QED) is 0.258. The van der Waals surface area contributed by atoms with E-state index >= 15 is 0 Å². The monoisotopic (exact) mass is 638 g/mol. The largest absolute Gasteiger partial charge is 0.492 e. The summed E-state index contributed by atoms with van der Waals surface area (Å²) in [6.07, 6.45) is 3.31. The Hall–Kier alpha value is -4.09. The number of carbonyl (C=O) groups excluding carboxylic acids is 2. The second-order valence-electron chi connectivity index (χ2n) is 12.2. The molecule has 0 aromatic heterocycles. The molecule has 1 fully saturated rings. The van der Waals surface area contributed by atoms with Gasteiger partial charge in [0, 0.05) is 0 Å². The molecule has 3 aromatic rings. The van der Waals surface area contributed by atoms with Gasteiger partial charge in [0.15, 0.2) is 0 Å². The SMILES string of the molecule is CC(C)(C)OC(=O)N(CCOc1ccc(-c2ccc(C(=O)NS(C)(=O)=O)c(OC3CCCC3)c2)cc1)C[C@H](O)c1ccccc1. The van der Waals surface area contributed by atoms with E-state index in [-0.39, 0.29) is 31.4 Å². The second kappa shape index (κ2) is 14.8. The molecule has 0 radical (unpaired) electrons. The van der Waals surface area contributed by atoms with E-state index in [1.807, 2.05) is 35.1 Å². The summed E-state index contributed by atoms with van der Waals surface area (Å²) in [5.41, 5.74) is 1.79. The molecule has 0 bridgehead atoms. The van der Waals surface area contributed by atoms with Crippen LogP contribution in [0.15, 0.2) is 72.8 Å². The molecule has 0 unspecified atom stereocenters. The molecule has 2 amide bonds. The number of hydrogen-bond donors (Lipinski definition) is 2. The van der Waals surface area contributed by atoms with Crippen LogP contribution in [-0.4, -0.2) is 68.1 Å².